The van der Waals surface area contributed by atoms with Gasteiger partial charge in [0.15, 0.2) is 0 Å². The zero-order chi connectivity index (χ0) is 14.2. The number of aromatic nitrogens is 2. The second-order valence-electron chi connectivity index (χ2n) is 6.80. The Balaban J connectivity index is 1.72. The number of carbonyl (C=O) groups is 1. The Bertz CT molecular complexity index is 501. The van der Waals surface area contributed by atoms with Crippen LogP contribution in [0.3, 0.4) is 0 Å². The minimum Gasteiger partial charge on any atom is -0.381 e. The van der Waals surface area contributed by atoms with E-state index in [1.807, 2.05) is 0 Å². The van der Waals surface area contributed by atoms with Gasteiger partial charge in [-0.05, 0) is 30.6 Å². The average molecular weight is 277 g/mol. The molecule has 20 heavy (non-hydrogen) atoms. The summed E-state index contributed by atoms with van der Waals surface area (Å²) in [7, 11) is 0. The van der Waals surface area contributed by atoms with Crippen molar-refractivity contribution in [2.45, 2.75) is 39.5 Å². The monoisotopic (exact) mass is 277 g/mol. The zero-order valence-electron chi connectivity index (χ0n) is 12.3. The quantitative estimate of drug-likeness (QED) is 0.883. The fourth-order valence-electron chi connectivity index (χ4n) is 2.99. The molecular formula is C15H23N3O2. The standard InChI is InChI=1S/C15H23N3O2/c1-15(2)7-11-13(14(19)16-9-15)18-12(17-11)4-3-10-5-6-20-8-10/h10H,3-9H2,1-2H3,(H,16,19)(H,17,18). The molecule has 110 valence electrons. The van der Waals surface area contributed by atoms with Crippen LogP contribution in [-0.4, -0.2) is 35.6 Å². The molecule has 0 aliphatic carbocycles. The first-order valence-electron chi connectivity index (χ1n) is 7.47. The molecule has 1 atom stereocenters. The lowest BCUT2D eigenvalue weighted by Crippen LogP contribution is -2.32. The van der Waals surface area contributed by atoms with E-state index in [-0.39, 0.29) is 11.3 Å². The maximum atomic E-state index is 12.1. The van der Waals surface area contributed by atoms with Crippen LogP contribution >= 0.6 is 0 Å². The molecule has 1 fully saturated rings. The fraction of sp³-hybridized carbons (Fsp3) is 0.733. The molecule has 1 amide bonds. The first-order chi connectivity index (χ1) is 9.53. The Morgan fingerprint density at radius 3 is 3.05 bits per heavy atom. The van der Waals surface area contributed by atoms with E-state index < -0.39 is 0 Å². The molecule has 3 rings (SSSR count). The Morgan fingerprint density at radius 2 is 2.30 bits per heavy atom. The van der Waals surface area contributed by atoms with E-state index in [0.717, 1.165) is 50.4 Å². The number of carbonyl (C=O) groups excluding carboxylic acids is 1. The van der Waals surface area contributed by atoms with E-state index in [2.05, 4.69) is 29.1 Å². The molecule has 0 aromatic carbocycles. The molecule has 5 heteroatoms. The number of ether oxygens (including phenoxy) is 1. The lowest BCUT2D eigenvalue weighted by Gasteiger charge is -2.21. The number of aromatic amines is 1. The van der Waals surface area contributed by atoms with Crippen molar-refractivity contribution in [2.24, 2.45) is 11.3 Å². The average Bonchev–Trinajstić information content (AvgIpc) is 3.00. The van der Waals surface area contributed by atoms with Gasteiger partial charge < -0.3 is 15.0 Å². The summed E-state index contributed by atoms with van der Waals surface area (Å²) in [5.41, 5.74) is 1.65. The number of aryl methyl sites for hydroxylation is 1. The molecular weight excluding hydrogens is 254 g/mol. The highest BCUT2D eigenvalue weighted by Gasteiger charge is 2.29. The van der Waals surface area contributed by atoms with Gasteiger partial charge >= 0.3 is 0 Å². The van der Waals surface area contributed by atoms with Crippen molar-refractivity contribution in [1.82, 2.24) is 15.3 Å². The van der Waals surface area contributed by atoms with Crippen LogP contribution in [-0.2, 0) is 17.6 Å². The minimum atomic E-state index is -0.0442. The van der Waals surface area contributed by atoms with E-state index in [4.69, 9.17) is 4.74 Å². The van der Waals surface area contributed by atoms with Crippen LogP contribution in [0.2, 0.25) is 0 Å². The summed E-state index contributed by atoms with van der Waals surface area (Å²) in [4.78, 5) is 19.9. The van der Waals surface area contributed by atoms with Crippen LogP contribution in [0, 0.1) is 11.3 Å². The van der Waals surface area contributed by atoms with E-state index in [9.17, 15) is 4.79 Å². The largest absolute Gasteiger partial charge is 0.381 e. The molecule has 0 spiro atoms. The summed E-state index contributed by atoms with van der Waals surface area (Å²) < 4.78 is 5.39. The van der Waals surface area contributed by atoms with Crippen molar-refractivity contribution in [3.05, 3.63) is 17.2 Å². The number of H-pyrrole nitrogens is 1. The van der Waals surface area contributed by atoms with Gasteiger partial charge in [-0.3, -0.25) is 4.79 Å². The molecule has 1 aromatic heterocycles. The highest BCUT2D eigenvalue weighted by Crippen LogP contribution is 2.26. The topological polar surface area (TPSA) is 67.0 Å². The Morgan fingerprint density at radius 1 is 1.45 bits per heavy atom. The predicted molar refractivity (Wildman–Crippen MR) is 75.7 cm³/mol. The van der Waals surface area contributed by atoms with Gasteiger partial charge in [-0.2, -0.15) is 0 Å². The maximum absolute atomic E-state index is 12.1. The van der Waals surface area contributed by atoms with Crippen LogP contribution < -0.4 is 5.32 Å². The summed E-state index contributed by atoms with van der Waals surface area (Å²) >= 11 is 0. The van der Waals surface area contributed by atoms with Gasteiger partial charge in [-0.25, -0.2) is 4.98 Å². The van der Waals surface area contributed by atoms with E-state index >= 15 is 0 Å². The molecule has 5 nitrogen and oxygen atoms in total. The number of fused-ring (bicyclic) bond motifs is 1. The van der Waals surface area contributed by atoms with Gasteiger partial charge in [0, 0.05) is 31.9 Å². The Kier molecular flexibility index (Phi) is 3.54. The normalized spacial score (nSPS) is 25.1. The predicted octanol–water partition coefficient (Wildman–Crippen LogP) is 1.69. The number of amides is 1. The molecule has 3 heterocycles. The van der Waals surface area contributed by atoms with Crippen molar-refractivity contribution in [2.75, 3.05) is 19.8 Å². The fourth-order valence-corrected chi connectivity index (χ4v) is 2.99. The van der Waals surface area contributed by atoms with Crippen LogP contribution in [0.1, 0.15) is 48.7 Å². The maximum Gasteiger partial charge on any atom is 0.271 e. The number of nitrogens with one attached hydrogen (secondary N) is 2. The van der Waals surface area contributed by atoms with Crippen molar-refractivity contribution in [1.29, 1.82) is 0 Å². The highest BCUT2D eigenvalue weighted by atomic mass is 16.5. The van der Waals surface area contributed by atoms with E-state index in [1.54, 1.807) is 0 Å². The van der Waals surface area contributed by atoms with Crippen LogP contribution in [0.4, 0.5) is 0 Å². The second kappa shape index (κ2) is 5.20. The molecule has 1 unspecified atom stereocenters. The van der Waals surface area contributed by atoms with Gasteiger partial charge in [0.2, 0.25) is 0 Å². The third-order valence-corrected chi connectivity index (χ3v) is 4.24. The zero-order valence-corrected chi connectivity index (χ0v) is 12.3. The molecule has 2 aliphatic heterocycles. The summed E-state index contributed by atoms with van der Waals surface area (Å²) in [6, 6.07) is 0. The van der Waals surface area contributed by atoms with Crippen molar-refractivity contribution in [3.8, 4) is 0 Å². The van der Waals surface area contributed by atoms with Gasteiger partial charge in [0.05, 0.1) is 0 Å². The van der Waals surface area contributed by atoms with Crippen LogP contribution in [0.15, 0.2) is 0 Å². The number of hydrogen-bond donors (Lipinski definition) is 2. The van der Waals surface area contributed by atoms with Gasteiger partial charge in [0.1, 0.15) is 11.5 Å². The molecule has 1 saturated heterocycles. The lowest BCUT2D eigenvalue weighted by molar-refractivity contribution is 0.0940. The minimum absolute atomic E-state index is 0.0442. The summed E-state index contributed by atoms with van der Waals surface area (Å²) in [5.74, 6) is 1.54. The van der Waals surface area contributed by atoms with Gasteiger partial charge in [0.25, 0.3) is 5.91 Å². The first kappa shape index (κ1) is 13.6. The van der Waals surface area contributed by atoms with Gasteiger partial charge in [-0.15, -0.1) is 0 Å². The van der Waals surface area contributed by atoms with Crippen molar-refractivity contribution >= 4 is 5.91 Å². The molecule has 0 bridgehead atoms. The third-order valence-electron chi connectivity index (χ3n) is 4.24. The molecule has 0 saturated carbocycles. The Hall–Kier alpha value is -1.36. The first-order valence-corrected chi connectivity index (χ1v) is 7.47. The number of rotatable bonds is 3. The Labute approximate surface area is 119 Å². The SMILES string of the molecule is CC1(C)CNC(=O)c2nc(CCC3CCOC3)[nH]c2C1. The third kappa shape index (κ3) is 2.87. The second-order valence-corrected chi connectivity index (χ2v) is 6.80. The molecule has 2 N–H and O–H groups in total. The van der Waals surface area contributed by atoms with E-state index in [0.29, 0.717) is 18.2 Å². The van der Waals surface area contributed by atoms with E-state index in [1.165, 1.54) is 0 Å². The number of hydrogen-bond acceptors (Lipinski definition) is 3. The van der Waals surface area contributed by atoms with Crippen molar-refractivity contribution < 1.29 is 9.53 Å². The van der Waals surface area contributed by atoms with Crippen molar-refractivity contribution in [3.63, 3.8) is 0 Å². The molecule has 2 aliphatic rings. The molecule has 1 aromatic rings. The summed E-state index contributed by atoms with van der Waals surface area (Å²) in [6.07, 6.45) is 3.99. The summed E-state index contributed by atoms with van der Waals surface area (Å²) in [5, 5.41) is 2.96. The number of imidazole rings is 1. The van der Waals surface area contributed by atoms with Crippen LogP contribution in [0.5, 0.6) is 0 Å². The smallest absolute Gasteiger partial charge is 0.271 e. The van der Waals surface area contributed by atoms with Gasteiger partial charge in [-0.1, -0.05) is 13.8 Å². The highest BCUT2D eigenvalue weighted by molar-refractivity contribution is 5.93. The van der Waals surface area contributed by atoms with Crippen LogP contribution in [0.25, 0.3) is 0 Å². The number of nitrogens with zero attached hydrogens (tertiary/aromatic N) is 1. The molecule has 0 radical (unpaired) electrons. The lowest BCUT2D eigenvalue weighted by atomic mass is 9.88. The summed E-state index contributed by atoms with van der Waals surface area (Å²) in [6.45, 7) is 6.78.